The van der Waals surface area contributed by atoms with Crippen molar-refractivity contribution in [2.75, 3.05) is 6.26 Å². The number of ketones is 2. The van der Waals surface area contributed by atoms with Crippen molar-refractivity contribution in [3.05, 3.63) is 29.1 Å². The molecule has 102 valence electrons. The number of carbonyl (C=O) groups excluding carboxylic acids is 2. The van der Waals surface area contributed by atoms with Gasteiger partial charge in [-0.05, 0) is 43.2 Å². The third-order valence-electron chi connectivity index (χ3n) is 3.44. The number of halogens is 1. The topological polar surface area (TPSA) is 34.1 Å². The Hall–Kier alpha value is -1.16. The van der Waals surface area contributed by atoms with Gasteiger partial charge in [0.25, 0.3) is 0 Å². The maximum absolute atomic E-state index is 13.7. The van der Waals surface area contributed by atoms with Crippen molar-refractivity contribution in [2.45, 2.75) is 37.5 Å². The Morgan fingerprint density at radius 3 is 2.58 bits per heavy atom. The molecule has 0 unspecified atom stereocenters. The van der Waals surface area contributed by atoms with Crippen LogP contribution in [0, 0.1) is 11.7 Å². The maximum atomic E-state index is 13.7. The monoisotopic (exact) mass is 280 g/mol. The van der Waals surface area contributed by atoms with Gasteiger partial charge in [0.1, 0.15) is 11.6 Å². The van der Waals surface area contributed by atoms with Gasteiger partial charge in [-0.1, -0.05) is 6.92 Å². The minimum absolute atomic E-state index is 0.0297. The molecule has 1 aromatic rings. The van der Waals surface area contributed by atoms with Gasteiger partial charge in [-0.3, -0.25) is 9.59 Å². The van der Waals surface area contributed by atoms with Crippen LogP contribution in [0.2, 0.25) is 0 Å². The summed E-state index contributed by atoms with van der Waals surface area (Å²) in [5.41, 5.74) is 1.23. The Morgan fingerprint density at radius 2 is 2.05 bits per heavy atom. The van der Waals surface area contributed by atoms with Gasteiger partial charge in [0.15, 0.2) is 5.78 Å². The average Bonchev–Trinajstić information content (AvgIpc) is 3.22. The minimum Gasteiger partial charge on any atom is -0.299 e. The molecule has 0 N–H and O–H groups in total. The summed E-state index contributed by atoms with van der Waals surface area (Å²) >= 11 is 1.30. The lowest BCUT2D eigenvalue weighted by molar-refractivity contribution is -0.119. The number of hydrogen-bond acceptors (Lipinski definition) is 3. The summed E-state index contributed by atoms with van der Waals surface area (Å²) < 4.78 is 13.7. The summed E-state index contributed by atoms with van der Waals surface area (Å²) in [5.74, 6) is -0.352. The zero-order valence-corrected chi connectivity index (χ0v) is 12.0. The quantitative estimate of drug-likeness (QED) is 0.453. The highest BCUT2D eigenvalue weighted by molar-refractivity contribution is 7.98. The van der Waals surface area contributed by atoms with E-state index in [0.29, 0.717) is 16.9 Å². The second kappa shape index (κ2) is 5.87. The van der Waals surface area contributed by atoms with Crippen molar-refractivity contribution >= 4 is 23.3 Å². The molecule has 1 aromatic carbocycles. The molecule has 19 heavy (non-hydrogen) atoms. The molecule has 0 amide bonds. The first kappa shape index (κ1) is 14.3. The second-order valence-corrected chi connectivity index (χ2v) is 5.62. The highest BCUT2D eigenvalue weighted by Crippen LogP contribution is 2.32. The summed E-state index contributed by atoms with van der Waals surface area (Å²) in [6.07, 6.45) is 4.16. The molecular formula is C15H17FO2S. The van der Waals surface area contributed by atoms with E-state index in [1.54, 1.807) is 6.26 Å². The van der Waals surface area contributed by atoms with Crippen molar-refractivity contribution < 1.29 is 14.0 Å². The molecule has 0 atom stereocenters. The molecule has 2 rings (SSSR count). The van der Waals surface area contributed by atoms with Crippen LogP contribution < -0.4 is 0 Å². The minimum atomic E-state index is -0.297. The lowest BCUT2D eigenvalue weighted by Gasteiger charge is -2.12. The number of benzene rings is 1. The molecule has 1 fully saturated rings. The van der Waals surface area contributed by atoms with Crippen LogP contribution in [0.1, 0.15) is 42.1 Å². The van der Waals surface area contributed by atoms with Crippen molar-refractivity contribution in [3.63, 3.8) is 0 Å². The van der Waals surface area contributed by atoms with Crippen molar-refractivity contribution in [2.24, 2.45) is 5.92 Å². The molecule has 0 radical (unpaired) electrons. The average molecular weight is 280 g/mol. The molecule has 0 aromatic heterocycles. The number of Topliss-reactive ketones (excluding diaryl/α,β-unsaturated/α-hetero) is 2. The first-order valence-corrected chi connectivity index (χ1v) is 7.72. The standard InChI is InChI=1S/C15H17FO2S/c1-3-10-11(6-7-12(16)15(10)19-2)14(18)8-13(17)9-4-5-9/h6-7,9H,3-5,8H2,1-2H3. The van der Waals surface area contributed by atoms with Crippen LogP contribution in [-0.2, 0) is 11.2 Å². The van der Waals surface area contributed by atoms with Crippen LogP contribution in [0.4, 0.5) is 4.39 Å². The molecule has 1 saturated carbocycles. The third kappa shape index (κ3) is 3.06. The van der Waals surface area contributed by atoms with Gasteiger partial charge in [0.2, 0.25) is 0 Å². The molecule has 0 spiro atoms. The molecule has 4 heteroatoms. The Labute approximate surface area is 116 Å². The lowest BCUT2D eigenvalue weighted by Crippen LogP contribution is -2.12. The number of hydrogen-bond donors (Lipinski definition) is 0. The lowest BCUT2D eigenvalue weighted by atomic mass is 9.97. The smallest absolute Gasteiger partial charge is 0.170 e. The van der Waals surface area contributed by atoms with Crippen LogP contribution in [0.5, 0.6) is 0 Å². The second-order valence-electron chi connectivity index (χ2n) is 4.80. The highest BCUT2D eigenvalue weighted by Gasteiger charge is 2.31. The van der Waals surface area contributed by atoms with E-state index in [-0.39, 0.29) is 29.7 Å². The predicted octanol–water partition coefficient (Wildman–Crippen LogP) is 3.66. The molecule has 2 nitrogen and oxygen atoms in total. The Kier molecular flexibility index (Phi) is 4.40. The van der Waals surface area contributed by atoms with Gasteiger partial charge >= 0.3 is 0 Å². The summed E-state index contributed by atoms with van der Waals surface area (Å²) in [5, 5.41) is 0. The van der Waals surface area contributed by atoms with Gasteiger partial charge in [-0.2, -0.15) is 0 Å². The fourth-order valence-electron chi connectivity index (χ4n) is 2.24. The van der Waals surface area contributed by atoms with Crippen molar-refractivity contribution in [1.29, 1.82) is 0 Å². The van der Waals surface area contributed by atoms with E-state index in [4.69, 9.17) is 0 Å². The van der Waals surface area contributed by atoms with E-state index < -0.39 is 0 Å². The third-order valence-corrected chi connectivity index (χ3v) is 4.29. The SMILES string of the molecule is CCc1c(C(=O)CC(=O)C2CC2)ccc(F)c1SC. The molecule has 0 aliphatic heterocycles. The molecule has 1 aliphatic rings. The van der Waals surface area contributed by atoms with Gasteiger partial charge in [-0.15, -0.1) is 11.8 Å². The van der Waals surface area contributed by atoms with Crippen LogP contribution in [-0.4, -0.2) is 17.8 Å². The number of carbonyl (C=O) groups is 2. The number of rotatable bonds is 6. The van der Waals surface area contributed by atoms with E-state index in [1.807, 2.05) is 6.92 Å². The van der Waals surface area contributed by atoms with Gasteiger partial charge < -0.3 is 0 Å². The van der Waals surface area contributed by atoms with Crippen LogP contribution in [0.15, 0.2) is 17.0 Å². The highest BCUT2D eigenvalue weighted by atomic mass is 32.2. The maximum Gasteiger partial charge on any atom is 0.170 e. The Bertz CT molecular complexity index is 521. The summed E-state index contributed by atoms with van der Waals surface area (Å²) in [7, 11) is 0. The van der Waals surface area contributed by atoms with Crippen LogP contribution >= 0.6 is 11.8 Å². The Balaban J connectivity index is 2.27. The molecular weight excluding hydrogens is 263 g/mol. The van der Waals surface area contributed by atoms with E-state index in [2.05, 4.69) is 0 Å². The zero-order chi connectivity index (χ0) is 14.0. The molecule has 0 bridgehead atoms. The normalized spacial score (nSPS) is 14.5. The van der Waals surface area contributed by atoms with Crippen molar-refractivity contribution in [1.82, 2.24) is 0 Å². The van der Waals surface area contributed by atoms with E-state index in [9.17, 15) is 14.0 Å². The van der Waals surface area contributed by atoms with Crippen molar-refractivity contribution in [3.8, 4) is 0 Å². The molecule has 0 saturated heterocycles. The van der Waals surface area contributed by atoms with E-state index >= 15 is 0 Å². The predicted molar refractivity (Wildman–Crippen MR) is 74.2 cm³/mol. The van der Waals surface area contributed by atoms with Crippen LogP contribution in [0.25, 0.3) is 0 Å². The first-order valence-electron chi connectivity index (χ1n) is 6.49. The first-order chi connectivity index (χ1) is 9.08. The fraction of sp³-hybridized carbons (Fsp3) is 0.467. The Morgan fingerprint density at radius 1 is 1.37 bits per heavy atom. The fourth-order valence-corrected chi connectivity index (χ4v) is 3.00. The summed E-state index contributed by atoms with van der Waals surface area (Å²) in [4.78, 5) is 24.4. The molecule has 1 aliphatic carbocycles. The molecule has 0 heterocycles. The van der Waals surface area contributed by atoms with Gasteiger partial charge in [-0.25, -0.2) is 4.39 Å². The summed E-state index contributed by atoms with van der Waals surface area (Å²) in [6.45, 7) is 1.90. The summed E-state index contributed by atoms with van der Waals surface area (Å²) in [6, 6.07) is 2.83. The van der Waals surface area contributed by atoms with Gasteiger partial charge in [0.05, 0.1) is 6.42 Å². The van der Waals surface area contributed by atoms with E-state index in [0.717, 1.165) is 18.4 Å². The zero-order valence-electron chi connectivity index (χ0n) is 11.2. The van der Waals surface area contributed by atoms with Crippen LogP contribution in [0.3, 0.4) is 0 Å². The largest absolute Gasteiger partial charge is 0.299 e. The van der Waals surface area contributed by atoms with E-state index in [1.165, 1.54) is 23.9 Å². The van der Waals surface area contributed by atoms with Gasteiger partial charge in [0, 0.05) is 16.4 Å². The number of thioether (sulfide) groups is 1.